The molecule has 0 aliphatic rings. The molecule has 9 nitrogen and oxygen atoms in total. The zero-order chi connectivity index (χ0) is 17.7. The number of hydrogen-bond donors (Lipinski definition) is 1. The maximum absolute atomic E-state index is 11.3. The van der Waals surface area contributed by atoms with Gasteiger partial charge in [0.25, 0.3) is 0 Å². The summed E-state index contributed by atoms with van der Waals surface area (Å²) in [4.78, 5) is 54.7. The standard InChI is InChI=1S/C14H20O9/c1-21-11(17)4-2-3-9-22-12(18)7-8-14(20)23-13(19)6-5-10(15)16/h2-9H2,1H3,(H,15,16). The molecule has 0 rings (SSSR count). The van der Waals surface area contributed by atoms with Crippen molar-refractivity contribution in [3.8, 4) is 0 Å². The van der Waals surface area contributed by atoms with Crippen LogP contribution in [0.15, 0.2) is 0 Å². The predicted octanol–water partition coefficient (Wildman–Crippen LogP) is 0.588. The molecule has 0 spiro atoms. The largest absolute Gasteiger partial charge is 0.481 e. The molecule has 0 bridgehead atoms. The monoisotopic (exact) mass is 332 g/mol. The van der Waals surface area contributed by atoms with Crippen molar-refractivity contribution in [2.45, 2.75) is 44.9 Å². The number of carboxylic acid groups (broad SMARTS) is 1. The van der Waals surface area contributed by atoms with E-state index in [9.17, 15) is 24.0 Å². The first-order valence-electron chi connectivity index (χ1n) is 7.03. The summed E-state index contributed by atoms with van der Waals surface area (Å²) < 4.78 is 13.6. The third-order valence-electron chi connectivity index (χ3n) is 2.57. The highest BCUT2D eigenvalue weighted by Gasteiger charge is 2.14. The van der Waals surface area contributed by atoms with Gasteiger partial charge >= 0.3 is 29.8 Å². The fourth-order valence-corrected chi connectivity index (χ4v) is 1.37. The fourth-order valence-electron chi connectivity index (χ4n) is 1.37. The summed E-state index contributed by atoms with van der Waals surface area (Å²) in [5.41, 5.74) is 0. The SMILES string of the molecule is COC(=O)CCCCOC(=O)CCC(=O)OC(=O)CCC(=O)O. The van der Waals surface area contributed by atoms with Gasteiger partial charge in [0.15, 0.2) is 0 Å². The van der Waals surface area contributed by atoms with Gasteiger partial charge in [0.2, 0.25) is 0 Å². The Bertz CT molecular complexity index is 442. The maximum atomic E-state index is 11.3. The van der Waals surface area contributed by atoms with Crippen LogP contribution in [0.3, 0.4) is 0 Å². The summed E-state index contributed by atoms with van der Waals surface area (Å²) in [7, 11) is 1.29. The minimum absolute atomic E-state index is 0.114. The third-order valence-corrected chi connectivity index (χ3v) is 2.57. The third kappa shape index (κ3) is 13.0. The number of carboxylic acids is 1. The quantitative estimate of drug-likeness (QED) is 0.249. The second-order valence-corrected chi connectivity index (χ2v) is 4.49. The van der Waals surface area contributed by atoms with Crippen molar-refractivity contribution in [2.75, 3.05) is 13.7 Å². The number of unbranched alkanes of at least 4 members (excludes halogenated alkanes) is 1. The van der Waals surface area contributed by atoms with Gasteiger partial charge in [-0.25, -0.2) is 0 Å². The van der Waals surface area contributed by atoms with Crippen LogP contribution in [0, 0.1) is 0 Å². The van der Waals surface area contributed by atoms with Crippen LogP contribution in [0.1, 0.15) is 44.9 Å². The van der Waals surface area contributed by atoms with Crippen LogP contribution < -0.4 is 0 Å². The van der Waals surface area contributed by atoms with Gasteiger partial charge in [-0.05, 0) is 12.8 Å². The highest BCUT2D eigenvalue weighted by atomic mass is 16.6. The number of ether oxygens (including phenoxy) is 3. The van der Waals surface area contributed by atoms with Gasteiger partial charge in [0.1, 0.15) is 0 Å². The average molecular weight is 332 g/mol. The summed E-state index contributed by atoms with van der Waals surface area (Å²) in [6.45, 7) is 0.114. The summed E-state index contributed by atoms with van der Waals surface area (Å²) in [6.07, 6.45) is -0.189. The van der Waals surface area contributed by atoms with Crippen LogP contribution in [0.4, 0.5) is 0 Å². The summed E-state index contributed by atoms with van der Waals surface area (Å²) >= 11 is 0. The zero-order valence-electron chi connectivity index (χ0n) is 12.9. The van der Waals surface area contributed by atoms with Crippen LogP contribution in [-0.4, -0.2) is 48.7 Å². The smallest absolute Gasteiger partial charge is 0.314 e. The van der Waals surface area contributed by atoms with Gasteiger partial charge in [-0.2, -0.15) is 0 Å². The van der Waals surface area contributed by atoms with Gasteiger partial charge < -0.3 is 19.3 Å². The molecule has 0 amide bonds. The van der Waals surface area contributed by atoms with Crippen molar-refractivity contribution in [1.82, 2.24) is 0 Å². The number of methoxy groups -OCH3 is 1. The maximum Gasteiger partial charge on any atom is 0.314 e. The highest BCUT2D eigenvalue weighted by Crippen LogP contribution is 2.02. The molecule has 0 fully saturated rings. The van der Waals surface area contributed by atoms with E-state index in [4.69, 9.17) is 9.84 Å². The molecule has 9 heteroatoms. The van der Waals surface area contributed by atoms with E-state index in [1.54, 1.807) is 0 Å². The molecule has 0 saturated carbocycles. The first kappa shape index (κ1) is 20.6. The Kier molecular flexibility index (Phi) is 10.8. The first-order chi connectivity index (χ1) is 10.8. The van der Waals surface area contributed by atoms with Crippen LogP contribution in [-0.2, 0) is 38.2 Å². The highest BCUT2D eigenvalue weighted by molar-refractivity contribution is 5.88. The zero-order valence-corrected chi connectivity index (χ0v) is 12.9. The molecule has 130 valence electrons. The fraction of sp³-hybridized carbons (Fsp3) is 0.643. The van der Waals surface area contributed by atoms with E-state index in [1.807, 2.05) is 0 Å². The molecule has 0 aliphatic heterocycles. The number of carbonyl (C=O) groups excluding carboxylic acids is 4. The number of hydrogen-bond acceptors (Lipinski definition) is 8. The van der Waals surface area contributed by atoms with E-state index >= 15 is 0 Å². The molecular formula is C14H20O9. The molecule has 0 atom stereocenters. The molecule has 0 aliphatic carbocycles. The molecule has 0 aromatic carbocycles. The lowest BCUT2D eigenvalue weighted by Gasteiger charge is -2.05. The van der Waals surface area contributed by atoms with Crippen molar-refractivity contribution in [2.24, 2.45) is 0 Å². The van der Waals surface area contributed by atoms with E-state index in [-0.39, 0.29) is 31.8 Å². The lowest BCUT2D eigenvalue weighted by molar-refractivity contribution is -0.162. The lowest BCUT2D eigenvalue weighted by Crippen LogP contribution is -2.15. The van der Waals surface area contributed by atoms with E-state index in [2.05, 4.69) is 9.47 Å². The second kappa shape index (κ2) is 12.1. The summed E-state index contributed by atoms with van der Waals surface area (Å²) in [5, 5.41) is 8.36. The summed E-state index contributed by atoms with van der Waals surface area (Å²) in [5.74, 6) is -4.01. The number of carbonyl (C=O) groups is 5. The molecular weight excluding hydrogens is 312 g/mol. The van der Waals surface area contributed by atoms with Gasteiger partial charge in [-0.15, -0.1) is 0 Å². The van der Waals surface area contributed by atoms with Crippen molar-refractivity contribution in [1.29, 1.82) is 0 Å². The Morgan fingerprint density at radius 3 is 1.87 bits per heavy atom. The molecule has 0 radical (unpaired) electrons. The van der Waals surface area contributed by atoms with Crippen LogP contribution in [0.2, 0.25) is 0 Å². The molecule has 0 aromatic heterocycles. The molecule has 0 heterocycles. The molecule has 0 saturated heterocycles. The van der Waals surface area contributed by atoms with Crippen molar-refractivity contribution < 1.29 is 43.3 Å². The van der Waals surface area contributed by atoms with E-state index in [1.165, 1.54) is 7.11 Å². The second-order valence-electron chi connectivity index (χ2n) is 4.49. The van der Waals surface area contributed by atoms with Gasteiger partial charge in [0.05, 0.1) is 39.4 Å². The molecule has 1 N–H and O–H groups in total. The number of rotatable bonds is 11. The Balaban J connectivity index is 3.68. The van der Waals surface area contributed by atoms with Gasteiger partial charge in [-0.3, -0.25) is 24.0 Å². The lowest BCUT2D eigenvalue weighted by atomic mass is 10.2. The van der Waals surface area contributed by atoms with Crippen LogP contribution >= 0.6 is 0 Å². The first-order valence-corrected chi connectivity index (χ1v) is 7.03. The Morgan fingerprint density at radius 2 is 1.30 bits per heavy atom. The van der Waals surface area contributed by atoms with E-state index in [0.717, 1.165) is 0 Å². The average Bonchev–Trinajstić information content (AvgIpc) is 2.50. The van der Waals surface area contributed by atoms with Crippen molar-refractivity contribution >= 4 is 29.8 Å². The normalized spacial score (nSPS) is 9.78. The number of aliphatic carboxylic acids is 1. The molecule has 0 aromatic rings. The van der Waals surface area contributed by atoms with Crippen LogP contribution in [0.5, 0.6) is 0 Å². The topological polar surface area (TPSA) is 133 Å². The van der Waals surface area contributed by atoms with E-state index < -0.39 is 36.7 Å². The minimum Gasteiger partial charge on any atom is -0.481 e. The van der Waals surface area contributed by atoms with E-state index in [0.29, 0.717) is 12.8 Å². The Morgan fingerprint density at radius 1 is 0.739 bits per heavy atom. The van der Waals surface area contributed by atoms with Crippen molar-refractivity contribution in [3.05, 3.63) is 0 Å². The van der Waals surface area contributed by atoms with Gasteiger partial charge in [0, 0.05) is 6.42 Å². The van der Waals surface area contributed by atoms with Crippen molar-refractivity contribution in [3.63, 3.8) is 0 Å². The molecule has 23 heavy (non-hydrogen) atoms. The van der Waals surface area contributed by atoms with Gasteiger partial charge in [-0.1, -0.05) is 0 Å². The molecule has 0 unspecified atom stereocenters. The Labute approximate surface area is 132 Å². The Hall–Kier alpha value is -2.45. The number of esters is 4. The minimum atomic E-state index is -1.18. The predicted molar refractivity (Wildman–Crippen MR) is 74.0 cm³/mol. The summed E-state index contributed by atoms with van der Waals surface area (Å²) in [6, 6.07) is 0. The van der Waals surface area contributed by atoms with Crippen LogP contribution in [0.25, 0.3) is 0 Å².